The molecule has 7 atom stereocenters. The van der Waals surface area contributed by atoms with Crippen LogP contribution in [0.3, 0.4) is 0 Å². The van der Waals surface area contributed by atoms with Crippen LogP contribution in [0.4, 0.5) is 9.18 Å². The summed E-state index contributed by atoms with van der Waals surface area (Å²) in [5.74, 6) is -2.94. The maximum atomic E-state index is 14.3. The maximum absolute atomic E-state index is 14.3. The van der Waals surface area contributed by atoms with Gasteiger partial charge in [0.2, 0.25) is 21.8 Å². The van der Waals surface area contributed by atoms with Crippen molar-refractivity contribution in [2.75, 3.05) is 19.9 Å². The molecule has 4 amide bonds. The van der Waals surface area contributed by atoms with Gasteiger partial charge in [-0.3, -0.25) is 23.9 Å². The van der Waals surface area contributed by atoms with Crippen molar-refractivity contribution in [2.45, 2.75) is 106 Å². The second kappa shape index (κ2) is 17.7. The molecule has 4 aliphatic heterocycles. The van der Waals surface area contributed by atoms with Crippen molar-refractivity contribution in [1.29, 1.82) is 0 Å². The lowest BCUT2D eigenvalue weighted by Gasteiger charge is -2.30. The van der Waals surface area contributed by atoms with Gasteiger partial charge in [-0.15, -0.1) is 11.6 Å². The third-order valence-electron chi connectivity index (χ3n) is 10.3. The SMILES string of the molecule is CC(C)COC(=O)N[C@H]1CCCCC/C=C\[C@@H]2C[C@@]2(C(=O)NS(=O)(=O)C2C=C(Cl)SC2Cl)NC(=O)[C@@H]2C[C@@H](OCON3Cc4cccc(F)c4C3)CN2C1=O. The third kappa shape index (κ3) is 9.97. The first-order chi connectivity index (χ1) is 26.2. The van der Waals surface area contributed by atoms with E-state index < -0.39 is 73.4 Å². The number of carbonyl (C=O) groups is 4. The van der Waals surface area contributed by atoms with Crippen LogP contribution < -0.4 is 15.4 Å². The predicted octanol–water partition coefficient (Wildman–Crippen LogP) is 4.37. The number of alkyl carbamates (subject to hydrolysis) is 1. The largest absolute Gasteiger partial charge is 0.449 e. The maximum Gasteiger partial charge on any atom is 0.407 e. The lowest BCUT2D eigenvalue weighted by Crippen LogP contribution is -2.58. The van der Waals surface area contributed by atoms with Gasteiger partial charge in [-0.2, -0.15) is 5.06 Å². The van der Waals surface area contributed by atoms with Crippen molar-refractivity contribution in [3.05, 3.63) is 57.7 Å². The van der Waals surface area contributed by atoms with Gasteiger partial charge in [-0.05, 0) is 49.3 Å². The number of hydrogen-bond acceptors (Lipinski definition) is 11. The number of ether oxygens (including phenoxy) is 2. The van der Waals surface area contributed by atoms with Crippen LogP contribution in [-0.2, 0) is 51.8 Å². The Hall–Kier alpha value is -2.93. The number of benzene rings is 1. The molecule has 0 spiro atoms. The van der Waals surface area contributed by atoms with Crippen LogP contribution >= 0.6 is 35.0 Å². The molecule has 302 valence electrons. The highest BCUT2D eigenvalue weighted by Gasteiger charge is 2.62. The first-order valence-electron chi connectivity index (χ1n) is 18.4. The van der Waals surface area contributed by atoms with Crippen molar-refractivity contribution < 1.29 is 46.3 Å². The van der Waals surface area contributed by atoms with Gasteiger partial charge in [-0.1, -0.05) is 74.3 Å². The zero-order valence-corrected chi connectivity index (χ0v) is 33.7. The molecule has 6 rings (SSSR count). The zero-order valence-electron chi connectivity index (χ0n) is 30.5. The fraction of sp³-hybridized carbons (Fsp3) is 0.611. The molecule has 0 radical (unpaired) electrons. The molecule has 1 saturated heterocycles. The van der Waals surface area contributed by atoms with E-state index in [1.807, 2.05) is 26.0 Å². The molecular weight excluding hydrogens is 800 g/mol. The van der Waals surface area contributed by atoms with E-state index in [1.165, 1.54) is 17.0 Å². The number of hydrogen-bond donors (Lipinski definition) is 3. The van der Waals surface area contributed by atoms with E-state index in [-0.39, 0.29) is 61.9 Å². The van der Waals surface area contributed by atoms with Crippen molar-refractivity contribution in [1.82, 2.24) is 25.3 Å². The molecule has 3 N–H and O–H groups in total. The first kappa shape index (κ1) is 41.7. The average Bonchev–Trinajstić information content (AvgIpc) is 3.41. The Morgan fingerprint density at radius 1 is 1.18 bits per heavy atom. The lowest BCUT2D eigenvalue weighted by molar-refractivity contribution is -0.239. The molecule has 0 bridgehead atoms. The molecule has 14 nitrogen and oxygen atoms in total. The Bertz CT molecular complexity index is 1820. The fourth-order valence-electron chi connectivity index (χ4n) is 7.21. The zero-order chi connectivity index (χ0) is 39.5. The van der Waals surface area contributed by atoms with E-state index in [9.17, 15) is 32.0 Å². The molecule has 1 aromatic rings. The van der Waals surface area contributed by atoms with Crippen LogP contribution in [0.1, 0.15) is 69.9 Å². The topological polar surface area (TPSA) is 173 Å². The van der Waals surface area contributed by atoms with E-state index in [0.29, 0.717) is 24.9 Å². The molecular formula is C36H46Cl2FN5O9S2. The number of allylic oxidation sites excluding steroid dienone is 1. The standard InChI is InChI=1S/C36H46Cl2FN5O9S2/c1-21(2)19-51-35(48)40-27-12-7-5-3-4-6-10-23-15-36(23,34(47)42-55(49,50)29-14-30(37)54-31(29)38)41-32(45)28-13-24(17-44(28)33(27)46)52-20-53-43-16-22-9-8-11-26(39)25(22)18-43/h6,8-11,14,21,23-24,27-29,31H,3-5,7,12-13,15-20H2,1-2H3,(H,40,48)(H,41,45)(H,42,47)/b10-6-/t23-,24-,27+,28+,29?,31?,36-/m1/s1. The Morgan fingerprint density at radius 2 is 1.98 bits per heavy atom. The highest BCUT2D eigenvalue weighted by atomic mass is 35.5. The minimum Gasteiger partial charge on any atom is -0.449 e. The van der Waals surface area contributed by atoms with Gasteiger partial charge >= 0.3 is 6.09 Å². The molecule has 5 aliphatic rings. The van der Waals surface area contributed by atoms with Crippen LogP contribution in [-0.4, -0.2) is 95.8 Å². The quantitative estimate of drug-likeness (QED) is 0.174. The Balaban J connectivity index is 1.21. The molecule has 2 fully saturated rings. The molecule has 0 aromatic heterocycles. The van der Waals surface area contributed by atoms with Crippen LogP contribution in [0.25, 0.3) is 0 Å². The van der Waals surface area contributed by atoms with Gasteiger partial charge in [0.25, 0.3) is 5.91 Å². The minimum atomic E-state index is -4.35. The van der Waals surface area contributed by atoms with Crippen LogP contribution in [0.2, 0.25) is 0 Å². The van der Waals surface area contributed by atoms with E-state index in [1.54, 1.807) is 17.2 Å². The molecule has 4 heterocycles. The third-order valence-corrected chi connectivity index (χ3v) is 14.0. The number of nitrogens with one attached hydrogen (secondary N) is 3. The molecule has 55 heavy (non-hydrogen) atoms. The van der Waals surface area contributed by atoms with E-state index in [4.69, 9.17) is 37.5 Å². The second-order valence-corrected chi connectivity index (χ2v) is 19.2. The van der Waals surface area contributed by atoms with Gasteiger partial charge < -0.3 is 25.0 Å². The highest BCUT2D eigenvalue weighted by molar-refractivity contribution is 8.07. The van der Waals surface area contributed by atoms with E-state index in [0.717, 1.165) is 30.2 Å². The van der Waals surface area contributed by atoms with Gasteiger partial charge in [0.1, 0.15) is 33.4 Å². The van der Waals surface area contributed by atoms with Crippen molar-refractivity contribution in [3.63, 3.8) is 0 Å². The number of nitrogens with zero attached hydrogens (tertiary/aromatic N) is 2. The summed E-state index contributed by atoms with van der Waals surface area (Å²) in [6.07, 6.45) is 6.64. The van der Waals surface area contributed by atoms with Crippen molar-refractivity contribution in [2.24, 2.45) is 11.8 Å². The first-order valence-corrected chi connectivity index (χ1v) is 21.6. The summed E-state index contributed by atoms with van der Waals surface area (Å²) >= 11 is 13.2. The number of carbonyl (C=O) groups excluding carboxylic acids is 4. The summed E-state index contributed by atoms with van der Waals surface area (Å²) < 4.78 is 53.6. The molecule has 19 heteroatoms. The number of sulfonamides is 1. The number of thioether (sulfide) groups is 1. The average molecular weight is 847 g/mol. The number of amides is 4. The van der Waals surface area contributed by atoms with E-state index in [2.05, 4.69) is 15.4 Å². The monoisotopic (exact) mass is 845 g/mol. The summed E-state index contributed by atoms with van der Waals surface area (Å²) in [4.78, 5) is 62.4. The summed E-state index contributed by atoms with van der Waals surface area (Å²) in [5, 5.41) is 5.77. The number of halogens is 3. The molecule has 1 aromatic carbocycles. The van der Waals surface area contributed by atoms with Gasteiger partial charge in [0.05, 0.1) is 30.2 Å². The number of hydroxylamine groups is 2. The lowest BCUT2D eigenvalue weighted by atomic mass is 10.0. The smallest absolute Gasteiger partial charge is 0.407 e. The van der Waals surface area contributed by atoms with Gasteiger partial charge in [0, 0.05) is 24.4 Å². The number of fused-ring (bicyclic) bond motifs is 3. The number of alkyl halides is 1. The predicted molar refractivity (Wildman–Crippen MR) is 203 cm³/mol. The Morgan fingerprint density at radius 3 is 2.71 bits per heavy atom. The summed E-state index contributed by atoms with van der Waals surface area (Å²) in [6, 6.07) is 2.65. The Kier molecular flexibility index (Phi) is 13.4. The highest BCUT2D eigenvalue weighted by Crippen LogP contribution is 2.46. The minimum absolute atomic E-state index is 0.00727. The van der Waals surface area contributed by atoms with Gasteiger partial charge in [0.15, 0.2) is 6.79 Å². The van der Waals surface area contributed by atoms with Crippen molar-refractivity contribution in [3.8, 4) is 0 Å². The molecule has 2 unspecified atom stereocenters. The van der Waals surface area contributed by atoms with Crippen LogP contribution in [0, 0.1) is 17.7 Å². The Labute approximate surface area is 334 Å². The normalized spacial score (nSPS) is 30.7. The summed E-state index contributed by atoms with van der Waals surface area (Å²) in [6.45, 7) is 4.18. The van der Waals surface area contributed by atoms with E-state index >= 15 is 0 Å². The second-order valence-electron chi connectivity index (χ2n) is 14.9. The van der Waals surface area contributed by atoms with Crippen LogP contribution in [0.5, 0.6) is 0 Å². The fourth-order valence-corrected chi connectivity index (χ4v) is 11.1. The summed E-state index contributed by atoms with van der Waals surface area (Å²) in [5.41, 5.74) is -0.300. The van der Waals surface area contributed by atoms with Crippen molar-refractivity contribution >= 4 is 68.8 Å². The van der Waals surface area contributed by atoms with Gasteiger partial charge in [-0.25, -0.2) is 17.6 Å². The number of rotatable bonds is 10. The summed E-state index contributed by atoms with van der Waals surface area (Å²) in [7, 11) is -4.35. The molecule has 1 saturated carbocycles. The van der Waals surface area contributed by atoms with Crippen LogP contribution in [0.15, 0.2) is 40.8 Å². The molecule has 1 aliphatic carbocycles.